The predicted octanol–water partition coefficient (Wildman–Crippen LogP) is 0.825. The summed E-state index contributed by atoms with van der Waals surface area (Å²) in [6, 6.07) is 6.38. The molecule has 1 amide bonds. The number of carbonyl (C=O) groups is 1. The third-order valence-corrected chi connectivity index (χ3v) is 2.33. The van der Waals surface area contributed by atoms with Gasteiger partial charge in [-0.05, 0) is 32.9 Å². The van der Waals surface area contributed by atoms with Crippen molar-refractivity contribution in [3.63, 3.8) is 0 Å². The fraction of sp³-hybridized carbons (Fsp3) is 0.429. The van der Waals surface area contributed by atoms with Crippen molar-refractivity contribution in [1.82, 2.24) is 10.6 Å². The SMILES string of the molecule is CC(C)(C)NC(N)=NCCNC(=O)c1ccccc1O. The summed E-state index contributed by atoms with van der Waals surface area (Å²) in [5.41, 5.74) is 5.80. The van der Waals surface area contributed by atoms with E-state index in [2.05, 4.69) is 15.6 Å². The van der Waals surface area contributed by atoms with Crippen molar-refractivity contribution in [2.45, 2.75) is 26.3 Å². The lowest BCUT2D eigenvalue weighted by Crippen LogP contribution is -2.45. The molecule has 0 fully saturated rings. The number of phenolic OH excluding ortho intramolecular Hbond substituents is 1. The summed E-state index contributed by atoms with van der Waals surface area (Å²) >= 11 is 0. The van der Waals surface area contributed by atoms with Gasteiger partial charge in [-0.3, -0.25) is 9.79 Å². The Balaban J connectivity index is 2.40. The number of phenols is 1. The van der Waals surface area contributed by atoms with Crippen LogP contribution in [0.25, 0.3) is 0 Å². The van der Waals surface area contributed by atoms with Crippen molar-refractivity contribution in [2.75, 3.05) is 13.1 Å². The number of rotatable bonds is 4. The molecule has 6 heteroatoms. The molecule has 6 nitrogen and oxygen atoms in total. The molecule has 0 aromatic heterocycles. The van der Waals surface area contributed by atoms with Gasteiger partial charge in [0.05, 0.1) is 12.1 Å². The number of hydrogen-bond donors (Lipinski definition) is 4. The molecule has 0 saturated heterocycles. The molecule has 0 spiro atoms. The summed E-state index contributed by atoms with van der Waals surface area (Å²) in [5, 5.41) is 15.2. The van der Waals surface area contributed by atoms with Gasteiger partial charge in [0.2, 0.25) is 0 Å². The van der Waals surface area contributed by atoms with E-state index in [0.29, 0.717) is 19.0 Å². The topological polar surface area (TPSA) is 99.7 Å². The number of guanidine groups is 1. The van der Waals surface area contributed by atoms with Crippen LogP contribution in [0, 0.1) is 0 Å². The summed E-state index contributed by atoms with van der Waals surface area (Å²) in [7, 11) is 0. The first kappa shape index (κ1) is 15.8. The first-order valence-corrected chi connectivity index (χ1v) is 6.44. The van der Waals surface area contributed by atoms with Gasteiger partial charge < -0.3 is 21.5 Å². The van der Waals surface area contributed by atoms with Crippen LogP contribution in [0.2, 0.25) is 0 Å². The van der Waals surface area contributed by atoms with Crippen molar-refractivity contribution < 1.29 is 9.90 Å². The highest BCUT2D eigenvalue weighted by molar-refractivity contribution is 5.96. The molecule has 20 heavy (non-hydrogen) atoms. The van der Waals surface area contributed by atoms with E-state index in [-0.39, 0.29) is 22.8 Å². The summed E-state index contributed by atoms with van der Waals surface area (Å²) in [6.07, 6.45) is 0. The van der Waals surface area contributed by atoms with E-state index in [1.807, 2.05) is 20.8 Å². The lowest BCUT2D eigenvalue weighted by Gasteiger charge is -2.20. The molecule has 0 aliphatic heterocycles. The smallest absolute Gasteiger partial charge is 0.255 e. The van der Waals surface area contributed by atoms with E-state index in [1.165, 1.54) is 6.07 Å². The maximum atomic E-state index is 11.8. The lowest BCUT2D eigenvalue weighted by atomic mass is 10.1. The predicted molar refractivity (Wildman–Crippen MR) is 79.8 cm³/mol. The number of amides is 1. The number of aliphatic imine (C=N–C) groups is 1. The standard InChI is InChI=1S/C14H22N4O2/c1-14(2,3)18-13(15)17-9-8-16-12(20)10-6-4-5-7-11(10)19/h4-7,19H,8-9H2,1-3H3,(H,16,20)(H3,15,17,18). The first-order chi connectivity index (χ1) is 9.29. The Labute approximate surface area is 119 Å². The number of para-hydroxylation sites is 1. The normalized spacial score (nSPS) is 12.1. The summed E-state index contributed by atoms with van der Waals surface area (Å²) in [4.78, 5) is 15.9. The van der Waals surface area contributed by atoms with Gasteiger partial charge in [-0.1, -0.05) is 12.1 Å². The Morgan fingerprint density at radius 2 is 2.00 bits per heavy atom. The van der Waals surface area contributed by atoms with Crippen LogP contribution >= 0.6 is 0 Å². The van der Waals surface area contributed by atoms with Gasteiger partial charge in [-0.2, -0.15) is 0 Å². The van der Waals surface area contributed by atoms with Crippen molar-refractivity contribution in [1.29, 1.82) is 0 Å². The molecule has 1 aromatic rings. The average Bonchev–Trinajstić information content (AvgIpc) is 2.33. The molecule has 0 saturated carbocycles. The highest BCUT2D eigenvalue weighted by Gasteiger charge is 2.10. The molecular weight excluding hydrogens is 256 g/mol. The lowest BCUT2D eigenvalue weighted by molar-refractivity contribution is 0.0952. The molecule has 5 N–H and O–H groups in total. The van der Waals surface area contributed by atoms with E-state index in [9.17, 15) is 9.90 Å². The van der Waals surface area contributed by atoms with Crippen LogP contribution in [0.15, 0.2) is 29.3 Å². The van der Waals surface area contributed by atoms with Gasteiger partial charge in [0.25, 0.3) is 5.91 Å². The summed E-state index contributed by atoms with van der Waals surface area (Å²) in [5.74, 6) is -0.0302. The van der Waals surface area contributed by atoms with Gasteiger partial charge in [0, 0.05) is 12.1 Å². The van der Waals surface area contributed by atoms with Crippen molar-refractivity contribution in [3.05, 3.63) is 29.8 Å². The molecule has 1 rings (SSSR count). The fourth-order valence-electron chi connectivity index (χ4n) is 1.53. The molecule has 0 heterocycles. The summed E-state index contributed by atoms with van der Waals surface area (Å²) in [6.45, 7) is 6.66. The minimum Gasteiger partial charge on any atom is -0.507 e. The monoisotopic (exact) mass is 278 g/mol. The van der Waals surface area contributed by atoms with Crippen LogP contribution in [0.1, 0.15) is 31.1 Å². The Morgan fingerprint density at radius 3 is 2.60 bits per heavy atom. The third-order valence-electron chi connectivity index (χ3n) is 2.33. The number of carbonyl (C=O) groups excluding carboxylic acids is 1. The molecule has 0 atom stereocenters. The first-order valence-electron chi connectivity index (χ1n) is 6.44. The Kier molecular flexibility index (Phi) is 5.37. The zero-order valence-corrected chi connectivity index (χ0v) is 12.1. The maximum Gasteiger partial charge on any atom is 0.255 e. The van der Waals surface area contributed by atoms with Crippen molar-refractivity contribution in [3.8, 4) is 5.75 Å². The second kappa shape index (κ2) is 6.79. The van der Waals surface area contributed by atoms with Crippen LogP contribution in [0.4, 0.5) is 0 Å². The van der Waals surface area contributed by atoms with Gasteiger partial charge in [0.15, 0.2) is 5.96 Å². The van der Waals surface area contributed by atoms with Crippen LogP contribution in [0.3, 0.4) is 0 Å². The van der Waals surface area contributed by atoms with E-state index in [4.69, 9.17) is 5.73 Å². The highest BCUT2D eigenvalue weighted by atomic mass is 16.3. The molecule has 0 aliphatic carbocycles. The molecule has 0 aliphatic rings. The minimum absolute atomic E-state index is 0.0394. The quantitative estimate of drug-likeness (QED) is 0.372. The van der Waals surface area contributed by atoms with Crippen molar-refractivity contribution in [2.24, 2.45) is 10.7 Å². The van der Waals surface area contributed by atoms with Gasteiger partial charge >= 0.3 is 0 Å². The largest absolute Gasteiger partial charge is 0.507 e. The second-order valence-corrected chi connectivity index (χ2v) is 5.42. The number of hydrogen-bond acceptors (Lipinski definition) is 3. The number of nitrogens with two attached hydrogens (primary N) is 1. The Morgan fingerprint density at radius 1 is 1.35 bits per heavy atom. The van der Waals surface area contributed by atoms with Crippen molar-refractivity contribution >= 4 is 11.9 Å². The molecule has 110 valence electrons. The van der Waals surface area contributed by atoms with Gasteiger partial charge in [-0.25, -0.2) is 0 Å². The van der Waals surface area contributed by atoms with Gasteiger partial charge in [0.1, 0.15) is 5.75 Å². The average molecular weight is 278 g/mol. The number of benzene rings is 1. The van der Waals surface area contributed by atoms with E-state index >= 15 is 0 Å². The fourth-order valence-corrected chi connectivity index (χ4v) is 1.53. The number of aromatic hydroxyl groups is 1. The minimum atomic E-state index is -0.333. The third kappa shape index (κ3) is 5.60. The van der Waals surface area contributed by atoms with E-state index in [0.717, 1.165) is 0 Å². The zero-order chi connectivity index (χ0) is 15.2. The van der Waals surface area contributed by atoms with Gasteiger partial charge in [-0.15, -0.1) is 0 Å². The Hall–Kier alpha value is -2.24. The van der Waals surface area contributed by atoms with E-state index in [1.54, 1.807) is 18.2 Å². The zero-order valence-electron chi connectivity index (χ0n) is 12.1. The highest BCUT2D eigenvalue weighted by Crippen LogP contribution is 2.14. The number of nitrogens with zero attached hydrogens (tertiary/aromatic N) is 1. The van der Waals surface area contributed by atoms with E-state index < -0.39 is 0 Å². The van der Waals surface area contributed by atoms with Crippen LogP contribution in [-0.2, 0) is 0 Å². The molecule has 1 aromatic carbocycles. The summed E-state index contributed by atoms with van der Waals surface area (Å²) < 4.78 is 0. The molecular formula is C14H22N4O2. The number of nitrogens with one attached hydrogen (secondary N) is 2. The second-order valence-electron chi connectivity index (χ2n) is 5.42. The molecule has 0 bridgehead atoms. The van der Waals surface area contributed by atoms with Crippen LogP contribution in [-0.4, -0.2) is 35.6 Å². The Bertz CT molecular complexity index is 492. The van der Waals surface area contributed by atoms with Crippen LogP contribution < -0.4 is 16.4 Å². The maximum absolute atomic E-state index is 11.8. The molecule has 0 unspecified atom stereocenters. The molecule has 0 radical (unpaired) electrons. The van der Waals surface area contributed by atoms with Crippen LogP contribution in [0.5, 0.6) is 5.75 Å².